The van der Waals surface area contributed by atoms with Crippen molar-refractivity contribution in [1.29, 1.82) is 5.53 Å². The molecule has 0 fully saturated rings. The largest absolute Gasteiger partial charge is 0.505 e. The molecule has 0 spiro atoms. The number of rotatable bonds is 3. The molecule has 0 amide bonds. The van der Waals surface area contributed by atoms with E-state index in [-0.39, 0.29) is 11.4 Å². The second kappa shape index (κ2) is 4.88. The van der Waals surface area contributed by atoms with Gasteiger partial charge in [0.2, 0.25) is 0 Å². The number of phenolic OH excluding ortho intramolecular Hbond substituents is 1. The number of nitrogens with one attached hydrogen (secondary N) is 1. The van der Waals surface area contributed by atoms with Crippen LogP contribution >= 0.6 is 0 Å². The third-order valence-corrected chi connectivity index (χ3v) is 2.16. The molecule has 0 saturated carbocycles. The Morgan fingerprint density at radius 1 is 0.941 bits per heavy atom. The molecule has 2 N–H and O–H groups in total. The molecule has 0 aliphatic rings. The van der Waals surface area contributed by atoms with E-state index in [1.807, 2.05) is 24.3 Å². The van der Waals surface area contributed by atoms with Crippen molar-refractivity contribution >= 4 is 16.5 Å². The molecule has 2 rings (SSSR count). The van der Waals surface area contributed by atoms with Gasteiger partial charge in [0.1, 0.15) is 5.69 Å². The molecular weight excluding hydrogens is 220 g/mol. The Morgan fingerprint density at radius 2 is 1.76 bits per heavy atom. The molecule has 7 nitrogen and oxygen atoms in total. The molecule has 0 bridgehead atoms. The van der Waals surface area contributed by atoms with Gasteiger partial charge >= 0.3 is 0 Å². The van der Waals surface area contributed by atoms with Crippen molar-refractivity contribution in [3.05, 3.63) is 36.4 Å². The van der Waals surface area contributed by atoms with Gasteiger partial charge in [-0.25, -0.2) is 0 Å². The molecule has 0 saturated heterocycles. The molecule has 2 aromatic carbocycles. The maximum absolute atomic E-state index is 9.92. The Bertz CT molecular complexity index is 607. The van der Waals surface area contributed by atoms with E-state index in [1.165, 1.54) is 0 Å². The van der Waals surface area contributed by atoms with Crippen LogP contribution < -0.4 is 0 Å². The molecule has 7 heteroatoms. The van der Waals surface area contributed by atoms with Gasteiger partial charge in [-0.2, -0.15) is 5.53 Å². The minimum Gasteiger partial charge on any atom is -0.505 e. The molecule has 17 heavy (non-hydrogen) atoms. The van der Waals surface area contributed by atoms with Gasteiger partial charge in [-0.05, 0) is 32.3 Å². The van der Waals surface area contributed by atoms with E-state index in [4.69, 9.17) is 5.53 Å². The van der Waals surface area contributed by atoms with Gasteiger partial charge in [-0.3, -0.25) is 0 Å². The van der Waals surface area contributed by atoms with E-state index in [0.29, 0.717) is 5.39 Å². The molecule has 84 valence electrons. The standard InChI is InChI=1S/C10H8N6O/c11-13-15-16-14-12-9-6-5-7-3-1-2-4-8(7)10(9)17/h1-6,11,17H. The van der Waals surface area contributed by atoms with E-state index >= 15 is 0 Å². The topological polar surface area (TPSA) is 106 Å². The number of benzene rings is 2. The average Bonchev–Trinajstić information content (AvgIpc) is 2.37. The van der Waals surface area contributed by atoms with Crippen molar-refractivity contribution in [2.45, 2.75) is 0 Å². The van der Waals surface area contributed by atoms with Crippen LogP contribution in [0.4, 0.5) is 5.69 Å². The van der Waals surface area contributed by atoms with Crippen molar-refractivity contribution in [3.63, 3.8) is 0 Å². The van der Waals surface area contributed by atoms with Crippen LogP contribution in [0.1, 0.15) is 0 Å². The fourth-order valence-corrected chi connectivity index (χ4v) is 1.43. The summed E-state index contributed by atoms with van der Waals surface area (Å²) in [6.45, 7) is 0. The first kappa shape index (κ1) is 10.8. The first-order valence-corrected chi connectivity index (χ1v) is 4.71. The minimum absolute atomic E-state index is 0.0323. The van der Waals surface area contributed by atoms with Crippen molar-refractivity contribution in [1.82, 2.24) is 0 Å². The summed E-state index contributed by atoms with van der Waals surface area (Å²) in [6.07, 6.45) is 0. The highest BCUT2D eigenvalue weighted by Gasteiger charge is 2.04. The maximum atomic E-state index is 9.92. The zero-order valence-electron chi connectivity index (χ0n) is 8.65. The monoisotopic (exact) mass is 228 g/mol. The van der Waals surface area contributed by atoms with Crippen LogP contribution in [0.2, 0.25) is 0 Å². The summed E-state index contributed by atoms with van der Waals surface area (Å²) in [5.74, 6) is 0.0323. The average molecular weight is 228 g/mol. The lowest BCUT2D eigenvalue weighted by molar-refractivity contribution is 0.482. The fourth-order valence-electron chi connectivity index (χ4n) is 1.43. The molecule has 2 aromatic rings. The number of phenols is 1. The predicted octanol–water partition coefficient (Wildman–Crippen LogP) is 3.94. The van der Waals surface area contributed by atoms with Crippen LogP contribution in [0.15, 0.2) is 62.4 Å². The Labute approximate surface area is 96.0 Å². The first-order chi connectivity index (χ1) is 8.33. The number of hydrogen-bond donors (Lipinski definition) is 2. The molecule has 0 radical (unpaired) electrons. The number of fused-ring (bicyclic) bond motifs is 1. The summed E-state index contributed by atoms with van der Waals surface area (Å²) in [7, 11) is 0. The zero-order chi connectivity index (χ0) is 12.1. The second-order valence-electron chi connectivity index (χ2n) is 3.12. The van der Waals surface area contributed by atoms with Crippen LogP contribution in [-0.4, -0.2) is 5.11 Å². The number of nitrogens with zero attached hydrogens (tertiary/aromatic N) is 5. The normalized spacial score (nSPS) is 11.5. The smallest absolute Gasteiger partial charge is 0.150 e. The molecule has 0 aromatic heterocycles. The highest BCUT2D eigenvalue weighted by Crippen LogP contribution is 2.34. The summed E-state index contributed by atoms with van der Waals surface area (Å²) in [5.41, 5.74) is 6.63. The zero-order valence-corrected chi connectivity index (χ0v) is 8.65. The number of hydrogen-bond acceptors (Lipinski definition) is 3. The SMILES string of the molecule is N=NN=NN=Nc1ccc2ccccc2c1O. The fraction of sp³-hybridized carbons (Fsp3) is 0. The van der Waals surface area contributed by atoms with Crippen LogP contribution in [0, 0.1) is 5.53 Å². The van der Waals surface area contributed by atoms with Gasteiger partial charge in [0.25, 0.3) is 0 Å². The Morgan fingerprint density at radius 3 is 2.59 bits per heavy atom. The molecule has 0 aliphatic carbocycles. The minimum atomic E-state index is 0.0323. The van der Waals surface area contributed by atoms with Crippen LogP contribution in [-0.2, 0) is 0 Å². The van der Waals surface area contributed by atoms with Crippen LogP contribution in [0.5, 0.6) is 5.75 Å². The van der Waals surface area contributed by atoms with Crippen molar-refractivity contribution in [3.8, 4) is 5.75 Å². The van der Waals surface area contributed by atoms with Gasteiger partial charge < -0.3 is 5.11 Å². The van der Waals surface area contributed by atoms with Gasteiger partial charge in [-0.15, -0.1) is 5.11 Å². The summed E-state index contributed by atoms with van der Waals surface area (Å²) in [5, 5.41) is 27.2. The van der Waals surface area contributed by atoms with E-state index in [2.05, 4.69) is 26.0 Å². The van der Waals surface area contributed by atoms with E-state index in [1.54, 1.807) is 12.1 Å². The third kappa shape index (κ3) is 2.28. The molecular formula is C10H8N6O. The van der Waals surface area contributed by atoms with Crippen LogP contribution in [0.25, 0.3) is 10.8 Å². The number of aromatic hydroxyl groups is 1. The van der Waals surface area contributed by atoms with E-state index in [9.17, 15) is 5.11 Å². The quantitative estimate of drug-likeness (QED) is 0.602. The summed E-state index contributed by atoms with van der Waals surface area (Å²) in [4.78, 5) is 0. The highest BCUT2D eigenvalue weighted by atomic mass is 16.3. The highest BCUT2D eigenvalue weighted by molar-refractivity contribution is 5.92. The Balaban J connectivity index is 2.42. The lowest BCUT2D eigenvalue weighted by atomic mass is 10.1. The molecule has 0 unspecified atom stereocenters. The van der Waals surface area contributed by atoms with E-state index < -0.39 is 0 Å². The van der Waals surface area contributed by atoms with Gasteiger partial charge in [0.15, 0.2) is 5.75 Å². The molecule has 0 aliphatic heterocycles. The van der Waals surface area contributed by atoms with Gasteiger partial charge in [-0.1, -0.05) is 30.3 Å². The third-order valence-electron chi connectivity index (χ3n) is 2.16. The summed E-state index contributed by atoms with van der Waals surface area (Å²) in [6, 6.07) is 10.8. The van der Waals surface area contributed by atoms with Crippen molar-refractivity contribution < 1.29 is 5.11 Å². The Kier molecular flexibility index (Phi) is 3.10. The molecule has 0 heterocycles. The van der Waals surface area contributed by atoms with E-state index in [0.717, 1.165) is 5.39 Å². The summed E-state index contributed by atoms with van der Waals surface area (Å²) >= 11 is 0. The second-order valence-corrected chi connectivity index (χ2v) is 3.12. The molecule has 0 atom stereocenters. The maximum Gasteiger partial charge on any atom is 0.150 e. The van der Waals surface area contributed by atoms with Crippen molar-refractivity contribution in [2.75, 3.05) is 0 Å². The van der Waals surface area contributed by atoms with Crippen LogP contribution in [0.3, 0.4) is 0 Å². The Hall–Kier alpha value is -2.70. The lowest BCUT2D eigenvalue weighted by Gasteiger charge is -2.02. The lowest BCUT2D eigenvalue weighted by Crippen LogP contribution is -1.74. The van der Waals surface area contributed by atoms with Crippen molar-refractivity contribution in [2.24, 2.45) is 26.0 Å². The predicted molar refractivity (Wildman–Crippen MR) is 60.1 cm³/mol. The summed E-state index contributed by atoms with van der Waals surface area (Å²) < 4.78 is 0. The first-order valence-electron chi connectivity index (χ1n) is 4.71. The van der Waals surface area contributed by atoms with Gasteiger partial charge in [0.05, 0.1) is 0 Å². The van der Waals surface area contributed by atoms with Gasteiger partial charge in [0, 0.05) is 5.39 Å².